The number of aromatic nitrogens is 3. The molecule has 1 saturated heterocycles. The van der Waals surface area contributed by atoms with Crippen molar-refractivity contribution in [2.24, 2.45) is 17.3 Å². The predicted molar refractivity (Wildman–Crippen MR) is 171 cm³/mol. The van der Waals surface area contributed by atoms with Crippen molar-refractivity contribution in [2.75, 3.05) is 18.4 Å². The van der Waals surface area contributed by atoms with Crippen molar-refractivity contribution in [3.8, 4) is 18.4 Å². The number of nitrogens with zero attached hydrogens (tertiary/aromatic N) is 5. The van der Waals surface area contributed by atoms with Gasteiger partial charge in [-0.05, 0) is 60.9 Å². The summed E-state index contributed by atoms with van der Waals surface area (Å²) in [6, 6.07) is 10.4. The summed E-state index contributed by atoms with van der Waals surface area (Å²) in [5.41, 5.74) is 3.70. The molecule has 0 unspecified atom stereocenters. The number of alkyl halides is 3. The highest BCUT2D eigenvalue weighted by atomic mass is 32.1. The van der Waals surface area contributed by atoms with Crippen LogP contribution in [0.2, 0.25) is 0 Å². The van der Waals surface area contributed by atoms with Crippen LogP contribution in [0.4, 0.5) is 19.0 Å². The van der Waals surface area contributed by atoms with Crippen molar-refractivity contribution in [1.82, 2.24) is 19.4 Å². The lowest BCUT2D eigenvalue weighted by Gasteiger charge is -2.37. The van der Waals surface area contributed by atoms with Crippen LogP contribution in [-0.2, 0) is 19.5 Å². The highest BCUT2D eigenvalue weighted by Gasteiger charge is 2.37. The van der Waals surface area contributed by atoms with Gasteiger partial charge in [0.25, 0.3) is 0 Å². The first kappa shape index (κ1) is 31.8. The first-order valence-corrected chi connectivity index (χ1v) is 16.0. The Bertz CT molecular complexity index is 1720. The van der Waals surface area contributed by atoms with Gasteiger partial charge in [-0.2, -0.15) is 18.4 Å². The Balaban J connectivity index is 1.28. The average Bonchev–Trinajstić information content (AvgIpc) is 3.54. The van der Waals surface area contributed by atoms with Crippen LogP contribution < -0.4 is 5.32 Å². The van der Waals surface area contributed by atoms with Crippen LogP contribution in [0, 0.1) is 47.8 Å². The van der Waals surface area contributed by atoms with Crippen LogP contribution in [0.15, 0.2) is 30.6 Å². The second kappa shape index (κ2) is 12.4. The Morgan fingerprint density at radius 1 is 1.09 bits per heavy atom. The molecule has 0 aliphatic carbocycles. The van der Waals surface area contributed by atoms with Crippen LogP contribution in [0.5, 0.6) is 0 Å². The van der Waals surface area contributed by atoms with Gasteiger partial charge in [0.1, 0.15) is 28.7 Å². The van der Waals surface area contributed by atoms with Crippen molar-refractivity contribution in [3.63, 3.8) is 0 Å². The number of piperidine rings is 1. The quantitative estimate of drug-likeness (QED) is 0.193. The minimum atomic E-state index is -4.25. The van der Waals surface area contributed by atoms with Crippen molar-refractivity contribution in [1.29, 1.82) is 5.26 Å². The first-order valence-electron chi connectivity index (χ1n) is 15.1. The molecule has 4 aromatic rings. The summed E-state index contributed by atoms with van der Waals surface area (Å²) >= 11 is 1.07. The molecule has 5 rings (SSSR count). The molecular formula is C34H39F3N6S. The molecule has 0 radical (unpaired) electrons. The standard InChI is InChI=1S/C34H39F3N6S/c1-7-33(21(2)3,22(4)5)19-43-26(17-38)14-28-23(6)24(8-9-30(28)43)18-42-12-10-25(11-13-42)41-31-29-15-27(16-34(35,36)37)44-32(29)40-20-39-31/h1,8-9,14-15,20-22,25H,10-13,16,18-19H2,2-6H3,(H,39,40,41). The number of rotatable bonds is 9. The van der Waals surface area contributed by atoms with E-state index in [9.17, 15) is 18.4 Å². The highest BCUT2D eigenvalue weighted by Crippen LogP contribution is 2.39. The Labute approximate surface area is 261 Å². The fourth-order valence-electron chi connectivity index (χ4n) is 6.60. The van der Waals surface area contributed by atoms with Gasteiger partial charge in [-0.1, -0.05) is 39.7 Å². The molecule has 44 heavy (non-hydrogen) atoms. The van der Waals surface area contributed by atoms with Gasteiger partial charge in [-0.3, -0.25) is 4.90 Å². The van der Waals surface area contributed by atoms with Crippen LogP contribution in [0.3, 0.4) is 0 Å². The molecule has 0 bridgehead atoms. The number of nitriles is 1. The molecule has 1 N–H and O–H groups in total. The van der Waals surface area contributed by atoms with Crippen LogP contribution in [0.25, 0.3) is 21.1 Å². The van der Waals surface area contributed by atoms with E-state index in [1.165, 1.54) is 17.5 Å². The SMILES string of the molecule is C#CC(Cn1c(C#N)cc2c(C)c(CN3CCC(Nc4ncnc5sc(CC(F)(F)F)cc45)CC3)ccc21)(C(C)C)C(C)C. The number of benzene rings is 1. The number of aryl methyl sites for hydroxylation is 1. The van der Waals surface area contributed by atoms with Crippen molar-refractivity contribution in [3.05, 3.63) is 52.3 Å². The molecule has 0 spiro atoms. The number of nitrogens with one attached hydrogen (secondary N) is 1. The van der Waals surface area contributed by atoms with E-state index in [1.54, 1.807) is 6.07 Å². The highest BCUT2D eigenvalue weighted by molar-refractivity contribution is 7.18. The number of hydrogen-bond donors (Lipinski definition) is 1. The van der Waals surface area contributed by atoms with Gasteiger partial charge in [0.2, 0.25) is 0 Å². The lowest BCUT2D eigenvalue weighted by atomic mass is 9.69. The van der Waals surface area contributed by atoms with Crippen molar-refractivity contribution < 1.29 is 13.2 Å². The van der Waals surface area contributed by atoms with Crippen LogP contribution in [0.1, 0.15) is 62.2 Å². The van der Waals surface area contributed by atoms with E-state index in [0.717, 1.165) is 54.7 Å². The Morgan fingerprint density at radius 2 is 1.80 bits per heavy atom. The molecule has 0 amide bonds. The summed E-state index contributed by atoms with van der Waals surface area (Å²) in [5.74, 6) is 4.21. The molecule has 0 saturated carbocycles. The van der Waals surface area contributed by atoms with Crippen molar-refractivity contribution >= 4 is 38.3 Å². The maximum atomic E-state index is 12.9. The van der Waals surface area contributed by atoms with Gasteiger partial charge < -0.3 is 9.88 Å². The molecule has 3 aromatic heterocycles. The third-order valence-electron chi connectivity index (χ3n) is 9.41. The minimum Gasteiger partial charge on any atom is -0.367 e. The zero-order valence-corrected chi connectivity index (χ0v) is 26.7. The monoisotopic (exact) mass is 620 g/mol. The molecule has 10 heteroatoms. The van der Waals surface area contributed by atoms with E-state index in [2.05, 4.69) is 83.5 Å². The third kappa shape index (κ3) is 6.29. The molecule has 0 atom stereocenters. The van der Waals surface area contributed by atoms with E-state index < -0.39 is 12.6 Å². The Morgan fingerprint density at radius 3 is 2.41 bits per heavy atom. The summed E-state index contributed by atoms with van der Waals surface area (Å²) < 4.78 is 40.9. The summed E-state index contributed by atoms with van der Waals surface area (Å²) in [7, 11) is 0. The molecule has 1 aliphatic heterocycles. The number of terminal acetylenes is 1. The zero-order chi connectivity index (χ0) is 31.8. The summed E-state index contributed by atoms with van der Waals surface area (Å²) in [5, 5.41) is 15.2. The Kier molecular flexibility index (Phi) is 8.98. The number of hydrogen-bond acceptors (Lipinski definition) is 6. The predicted octanol–water partition coefficient (Wildman–Crippen LogP) is 7.94. The van der Waals surface area contributed by atoms with E-state index in [-0.39, 0.29) is 28.2 Å². The lowest BCUT2D eigenvalue weighted by Crippen LogP contribution is -2.39. The molecular weight excluding hydrogens is 581 g/mol. The molecule has 6 nitrogen and oxygen atoms in total. The van der Waals surface area contributed by atoms with E-state index in [1.807, 2.05) is 6.07 Å². The number of halogens is 3. The largest absolute Gasteiger partial charge is 0.393 e. The second-order valence-electron chi connectivity index (χ2n) is 12.6. The normalized spacial score (nSPS) is 15.4. The maximum absolute atomic E-state index is 12.9. The Hall–Kier alpha value is -3.60. The molecule has 1 fully saturated rings. The van der Waals surface area contributed by atoms with Gasteiger partial charge >= 0.3 is 6.18 Å². The zero-order valence-electron chi connectivity index (χ0n) is 25.9. The smallest absolute Gasteiger partial charge is 0.367 e. The third-order valence-corrected chi connectivity index (χ3v) is 10.5. The van der Waals surface area contributed by atoms with Crippen molar-refractivity contribution in [2.45, 2.75) is 79.2 Å². The molecule has 4 heterocycles. The van der Waals surface area contributed by atoms with E-state index in [0.29, 0.717) is 28.3 Å². The summed E-state index contributed by atoms with van der Waals surface area (Å²) in [4.78, 5) is 11.8. The summed E-state index contributed by atoms with van der Waals surface area (Å²) in [6.07, 6.45) is 4.10. The minimum absolute atomic E-state index is 0.171. The average molecular weight is 621 g/mol. The molecule has 232 valence electrons. The van der Waals surface area contributed by atoms with E-state index in [4.69, 9.17) is 6.42 Å². The van der Waals surface area contributed by atoms with Gasteiger partial charge in [-0.15, -0.1) is 17.8 Å². The first-order chi connectivity index (χ1) is 20.8. The van der Waals surface area contributed by atoms with Crippen LogP contribution >= 0.6 is 11.3 Å². The topological polar surface area (TPSA) is 69.8 Å². The number of fused-ring (bicyclic) bond motifs is 2. The number of anilines is 1. The van der Waals surface area contributed by atoms with Gasteiger partial charge in [0.15, 0.2) is 0 Å². The number of likely N-dealkylation sites (tertiary alicyclic amines) is 1. The van der Waals surface area contributed by atoms with Gasteiger partial charge in [-0.25, -0.2) is 9.97 Å². The van der Waals surface area contributed by atoms with Gasteiger partial charge in [0, 0.05) is 48.0 Å². The molecule has 1 aliphatic rings. The van der Waals surface area contributed by atoms with E-state index >= 15 is 0 Å². The molecule has 1 aromatic carbocycles. The maximum Gasteiger partial charge on any atom is 0.393 e. The summed E-state index contributed by atoms with van der Waals surface area (Å²) in [6.45, 7) is 13.9. The number of thiophene rings is 1. The van der Waals surface area contributed by atoms with Gasteiger partial charge in [0.05, 0.1) is 17.2 Å². The second-order valence-corrected chi connectivity index (χ2v) is 13.8. The fraction of sp³-hybridized carbons (Fsp3) is 0.500. The fourth-order valence-corrected chi connectivity index (χ4v) is 7.63. The van der Waals surface area contributed by atoms with Crippen LogP contribution in [-0.4, -0.2) is 44.7 Å². The lowest BCUT2D eigenvalue weighted by molar-refractivity contribution is -0.126.